The lowest BCUT2D eigenvalue weighted by molar-refractivity contribution is -0.116. The van der Waals surface area contributed by atoms with Crippen LogP contribution < -0.4 is 15.4 Å². The van der Waals surface area contributed by atoms with Crippen LogP contribution in [0.1, 0.15) is 17.3 Å². The first-order valence-electron chi connectivity index (χ1n) is 7.44. The van der Waals surface area contributed by atoms with E-state index in [1.54, 1.807) is 50.4 Å². The Kier molecular flexibility index (Phi) is 5.78. The SMILES string of the molecule is COC(=O)c1ccc(N[C@H](C)C(=O)Nc2ccccc2OC)cc1. The number of carbonyl (C=O) groups excluding carboxylic acids is 2. The van der Waals surface area contributed by atoms with Gasteiger partial charge in [-0.05, 0) is 43.3 Å². The van der Waals surface area contributed by atoms with Gasteiger partial charge in [0, 0.05) is 5.69 Å². The molecule has 0 aliphatic heterocycles. The summed E-state index contributed by atoms with van der Waals surface area (Å²) in [4.78, 5) is 23.7. The molecule has 126 valence electrons. The molecule has 2 N–H and O–H groups in total. The lowest BCUT2D eigenvalue weighted by atomic mass is 10.2. The van der Waals surface area contributed by atoms with Crippen molar-refractivity contribution >= 4 is 23.3 Å². The van der Waals surface area contributed by atoms with Crippen molar-refractivity contribution in [1.29, 1.82) is 0 Å². The van der Waals surface area contributed by atoms with Crippen LogP contribution in [0.15, 0.2) is 48.5 Å². The van der Waals surface area contributed by atoms with E-state index in [0.29, 0.717) is 17.0 Å². The van der Waals surface area contributed by atoms with Gasteiger partial charge in [0.15, 0.2) is 0 Å². The molecular formula is C18H20N2O4. The molecular weight excluding hydrogens is 308 g/mol. The summed E-state index contributed by atoms with van der Waals surface area (Å²) in [6.07, 6.45) is 0. The van der Waals surface area contributed by atoms with E-state index in [9.17, 15) is 9.59 Å². The third-order valence-corrected chi connectivity index (χ3v) is 3.45. The molecule has 0 heterocycles. The van der Waals surface area contributed by atoms with Gasteiger partial charge in [-0.2, -0.15) is 0 Å². The first kappa shape index (κ1) is 17.3. The number of ether oxygens (including phenoxy) is 2. The third-order valence-electron chi connectivity index (χ3n) is 3.45. The molecule has 6 heteroatoms. The minimum absolute atomic E-state index is 0.198. The predicted molar refractivity (Wildman–Crippen MR) is 92.5 cm³/mol. The molecule has 0 spiro atoms. The molecule has 6 nitrogen and oxygen atoms in total. The number of carbonyl (C=O) groups is 2. The molecule has 0 fully saturated rings. The number of methoxy groups -OCH3 is 2. The van der Waals surface area contributed by atoms with Crippen LogP contribution in [0.4, 0.5) is 11.4 Å². The standard InChI is InChI=1S/C18H20N2O4/c1-12(17(21)20-15-6-4-5-7-16(15)23-2)19-14-10-8-13(9-11-14)18(22)24-3/h4-12,19H,1-3H3,(H,20,21)/t12-/m1/s1. The first-order chi connectivity index (χ1) is 11.5. The Labute approximate surface area is 140 Å². The molecule has 24 heavy (non-hydrogen) atoms. The minimum atomic E-state index is -0.473. The van der Waals surface area contributed by atoms with E-state index in [-0.39, 0.29) is 5.91 Å². The summed E-state index contributed by atoms with van der Waals surface area (Å²) in [7, 11) is 2.88. The number of amides is 1. The van der Waals surface area contributed by atoms with E-state index >= 15 is 0 Å². The van der Waals surface area contributed by atoms with Crippen LogP contribution in [0.3, 0.4) is 0 Å². The number of hydrogen-bond acceptors (Lipinski definition) is 5. The number of anilines is 2. The van der Waals surface area contributed by atoms with Crippen LogP contribution in [0.2, 0.25) is 0 Å². The van der Waals surface area contributed by atoms with Crippen LogP contribution in [-0.2, 0) is 9.53 Å². The molecule has 0 bridgehead atoms. The van der Waals surface area contributed by atoms with Gasteiger partial charge in [-0.1, -0.05) is 12.1 Å². The molecule has 2 aromatic rings. The van der Waals surface area contributed by atoms with E-state index < -0.39 is 12.0 Å². The zero-order valence-electron chi connectivity index (χ0n) is 13.8. The minimum Gasteiger partial charge on any atom is -0.495 e. The fourth-order valence-electron chi connectivity index (χ4n) is 2.12. The van der Waals surface area contributed by atoms with Crippen molar-refractivity contribution in [3.05, 3.63) is 54.1 Å². The lowest BCUT2D eigenvalue weighted by Gasteiger charge is -2.16. The Morgan fingerprint density at radius 3 is 2.29 bits per heavy atom. The summed E-state index contributed by atoms with van der Waals surface area (Å²) in [5.74, 6) is 0.000500. The lowest BCUT2D eigenvalue weighted by Crippen LogP contribution is -2.32. The molecule has 2 rings (SSSR count). The van der Waals surface area contributed by atoms with Crippen LogP contribution in [0, 0.1) is 0 Å². The first-order valence-corrected chi connectivity index (χ1v) is 7.44. The maximum Gasteiger partial charge on any atom is 0.337 e. The second-order valence-corrected chi connectivity index (χ2v) is 5.12. The predicted octanol–water partition coefficient (Wildman–Crippen LogP) is 2.92. The van der Waals surface area contributed by atoms with Gasteiger partial charge < -0.3 is 20.1 Å². The van der Waals surface area contributed by atoms with E-state index in [0.717, 1.165) is 5.69 Å². The van der Waals surface area contributed by atoms with E-state index in [1.807, 2.05) is 12.1 Å². The smallest absolute Gasteiger partial charge is 0.337 e. The Hall–Kier alpha value is -3.02. The molecule has 0 saturated carbocycles. The normalized spacial score (nSPS) is 11.3. The fraction of sp³-hybridized carbons (Fsp3) is 0.222. The zero-order chi connectivity index (χ0) is 17.5. The quantitative estimate of drug-likeness (QED) is 0.797. The summed E-state index contributed by atoms with van der Waals surface area (Å²) in [6, 6.07) is 13.4. The Morgan fingerprint density at radius 2 is 1.67 bits per heavy atom. The molecule has 0 unspecified atom stereocenters. The zero-order valence-corrected chi connectivity index (χ0v) is 13.8. The van der Waals surface area contributed by atoms with E-state index in [4.69, 9.17) is 4.74 Å². The summed E-state index contributed by atoms with van der Waals surface area (Å²) in [6.45, 7) is 1.75. The molecule has 0 radical (unpaired) electrons. The highest BCUT2D eigenvalue weighted by molar-refractivity contribution is 5.97. The van der Waals surface area contributed by atoms with Crippen molar-refractivity contribution in [2.24, 2.45) is 0 Å². The van der Waals surface area contributed by atoms with Gasteiger partial charge in [0.1, 0.15) is 11.8 Å². The fourth-order valence-corrected chi connectivity index (χ4v) is 2.12. The number of esters is 1. The summed E-state index contributed by atoms with van der Waals surface area (Å²) < 4.78 is 9.86. The monoisotopic (exact) mass is 328 g/mol. The number of benzene rings is 2. The average molecular weight is 328 g/mol. The van der Waals surface area contributed by atoms with Crippen molar-refractivity contribution in [1.82, 2.24) is 0 Å². The van der Waals surface area contributed by atoms with E-state index in [1.165, 1.54) is 7.11 Å². The topological polar surface area (TPSA) is 76.7 Å². The molecule has 0 aromatic heterocycles. The second-order valence-electron chi connectivity index (χ2n) is 5.12. The highest BCUT2D eigenvalue weighted by atomic mass is 16.5. The van der Waals surface area contributed by atoms with Crippen molar-refractivity contribution in [3.8, 4) is 5.75 Å². The number of nitrogens with one attached hydrogen (secondary N) is 2. The number of para-hydroxylation sites is 2. The van der Waals surface area contributed by atoms with Crippen LogP contribution in [0.25, 0.3) is 0 Å². The van der Waals surface area contributed by atoms with Gasteiger partial charge >= 0.3 is 5.97 Å². The van der Waals surface area contributed by atoms with Crippen molar-refractivity contribution < 1.29 is 19.1 Å². The maximum absolute atomic E-state index is 12.3. The maximum atomic E-state index is 12.3. The summed E-state index contributed by atoms with van der Waals surface area (Å²) >= 11 is 0. The molecule has 0 aliphatic carbocycles. The van der Waals surface area contributed by atoms with E-state index in [2.05, 4.69) is 15.4 Å². The summed E-state index contributed by atoms with van der Waals surface area (Å²) in [5, 5.41) is 5.90. The molecule has 0 aliphatic rings. The van der Waals surface area contributed by atoms with Crippen molar-refractivity contribution in [3.63, 3.8) is 0 Å². The average Bonchev–Trinajstić information content (AvgIpc) is 2.62. The van der Waals surface area contributed by atoms with Crippen molar-refractivity contribution in [2.45, 2.75) is 13.0 Å². The number of hydrogen-bond donors (Lipinski definition) is 2. The van der Waals surface area contributed by atoms with Gasteiger partial charge in [0.05, 0.1) is 25.5 Å². The Morgan fingerprint density at radius 1 is 1.00 bits per heavy atom. The summed E-state index contributed by atoms with van der Waals surface area (Å²) in [5.41, 5.74) is 1.79. The Balaban J connectivity index is 2.00. The highest BCUT2D eigenvalue weighted by Gasteiger charge is 2.15. The van der Waals surface area contributed by atoms with Gasteiger partial charge in [-0.3, -0.25) is 4.79 Å². The highest BCUT2D eigenvalue weighted by Crippen LogP contribution is 2.23. The van der Waals surface area contributed by atoms with Gasteiger partial charge in [-0.25, -0.2) is 4.79 Å². The second kappa shape index (κ2) is 8.01. The molecule has 2 aromatic carbocycles. The van der Waals surface area contributed by atoms with Crippen LogP contribution in [0.5, 0.6) is 5.75 Å². The van der Waals surface area contributed by atoms with Gasteiger partial charge in [0.25, 0.3) is 0 Å². The Bertz CT molecular complexity index is 713. The van der Waals surface area contributed by atoms with Crippen LogP contribution >= 0.6 is 0 Å². The largest absolute Gasteiger partial charge is 0.495 e. The van der Waals surface area contributed by atoms with Crippen molar-refractivity contribution in [2.75, 3.05) is 24.9 Å². The molecule has 0 saturated heterocycles. The van der Waals surface area contributed by atoms with Crippen LogP contribution in [-0.4, -0.2) is 32.1 Å². The molecule has 1 atom stereocenters. The number of rotatable bonds is 6. The van der Waals surface area contributed by atoms with Gasteiger partial charge in [-0.15, -0.1) is 0 Å². The third kappa shape index (κ3) is 4.25. The van der Waals surface area contributed by atoms with Gasteiger partial charge in [0.2, 0.25) is 5.91 Å². The molecule has 1 amide bonds.